The summed E-state index contributed by atoms with van der Waals surface area (Å²) < 4.78 is 11.3. The molecule has 0 spiro atoms. The van der Waals surface area contributed by atoms with Crippen molar-refractivity contribution in [3.05, 3.63) is 65.7 Å². The van der Waals surface area contributed by atoms with Gasteiger partial charge in [0.1, 0.15) is 11.9 Å². The lowest BCUT2D eigenvalue weighted by Crippen LogP contribution is -2.23. The quantitative estimate of drug-likeness (QED) is 0.875. The van der Waals surface area contributed by atoms with Crippen LogP contribution in [0.25, 0.3) is 0 Å². The van der Waals surface area contributed by atoms with E-state index in [0.29, 0.717) is 6.61 Å². The third kappa shape index (κ3) is 3.18. The molecule has 0 saturated carbocycles. The fourth-order valence-corrected chi connectivity index (χ4v) is 2.33. The highest BCUT2D eigenvalue weighted by atomic mass is 16.5. The number of rotatable bonds is 6. The summed E-state index contributed by atoms with van der Waals surface area (Å²) in [7, 11) is 1.66. The Labute approximate surface area is 120 Å². The van der Waals surface area contributed by atoms with Gasteiger partial charge in [-0.2, -0.15) is 0 Å². The van der Waals surface area contributed by atoms with Gasteiger partial charge in [0.05, 0.1) is 13.2 Å². The van der Waals surface area contributed by atoms with Gasteiger partial charge in [-0.1, -0.05) is 48.5 Å². The van der Waals surface area contributed by atoms with Gasteiger partial charge in [0.15, 0.2) is 0 Å². The van der Waals surface area contributed by atoms with E-state index in [1.165, 1.54) is 0 Å². The summed E-state index contributed by atoms with van der Waals surface area (Å²) in [4.78, 5) is 0. The Morgan fingerprint density at radius 1 is 1.00 bits per heavy atom. The SMILES string of the molecule is CCOC(c1ccccc1)C(N)c1ccccc1OC. The van der Waals surface area contributed by atoms with Crippen LogP contribution in [0.5, 0.6) is 5.75 Å². The molecule has 2 N–H and O–H groups in total. The van der Waals surface area contributed by atoms with Crippen LogP contribution >= 0.6 is 0 Å². The summed E-state index contributed by atoms with van der Waals surface area (Å²) in [5.41, 5.74) is 8.46. The average Bonchev–Trinajstić information content (AvgIpc) is 2.52. The Balaban J connectivity index is 2.34. The molecule has 2 atom stereocenters. The molecule has 0 heterocycles. The van der Waals surface area contributed by atoms with Gasteiger partial charge in [0.25, 0.3) is 0 Å². The number of hydrogen-bond acceptors (Lipinski definition) is 3. The standard InChI is InChI=1S/C17H21NO2/c1-3-20-17(13-9-5-4-6-10-13)16(18)14-11-7-8-12-15(14)19-2/h4-12,16-17H,3,18H2,1-2H3. The van der Waals surface area contributed by atoms with Crippen molar-refractivity contribution in [2.75, 3.05) is 13.7 Å². The molecule has 2 aromatic carbocycles. The van der Waals surface area contributed by atoms with Gasteiger partial charge in [0.2, 0.25) is 0 Å². The lowest BCUT2D eigenvalue weighted by atomic mass is 9.95. The molecule has 0 aliphatic carbocycles. The second-order valence-electron chi connectivity index (χ2n) is 4.55. The number of benzene rings is 2. The van der Waals surface area contributed by atoms with Gasteiger partial charge >= 0.3 is 0 Å². The minimum atomic E-state index is -0.270. The predicted octanol–water partition coefficient (Wildman–Crippen LogP) is 3.47. The highest BCUT2D eigenvalue weighted by molar-refractivity contribution is 5.37. The van der Waals surface area contributed by atoms with E-state index in [1.807, 2.05) is 61.5 Å². The molecule has 0 aliphatic rings. The van der Waals surface area contributed by atoms with Gasteiger partial charge in [-0.25, -0.2) is 0 Å². The molecular weight excluding hydrogens is 250 g/mol. The van der Waals surface area contributed by atoms with Crippen LogP contribution in [0.4, 0.5) is 0 Å². The summed E-state index contributed by atoms with van der Waals surface area (Å²) >= 11 is 0. The van der Waals surface area contributed by atoms with E-state index in [2.05, 4.69) is 0 Å². The largest absolute Gasteiger partial charge is 0.496 e. The summed E-state index contributed by atoms with van der Waals surface area (Å²) in [5.74, 6) is 0.792. The van der Waals surface area contributed by atoms with E-state index < -0.39 is 0 Å². The van der Waals surface area contributed by atoms with Crippen molar-refractivity contribution in [1.29, 1.82) is 0 Å². The molecule has 0 fully saturated rings. The maximum absolute atomic E-state index is 6.43. The first-order valence-corrected chi connectivity index (χ1v) is 6.83. The van der Waals surface area contributed by atoms with Gasteiger partial charge in [-0.05, 0) is 18.6 Å². The zero-order valence-corrected chi connectivity index (χ0v) is 12.0. The Morgan fingerprint density at radius 3 is 2.30 bits per heavy atom. The Kier molecular flexibility index (Phi) is 5.16. The lowest BCUT2D eigenvalue weighted by molar-refractivity contribution is 0.0424. The van der Waals surface area contributed by atoms with Gasteiger partial charge in [-0.3, -0.25) is 0 Å². The van der Waals surface area contributed by atoms with Crippen LogP contribution in [0, 0.1) is 0 Å². The highest BCUT2D eigenvalue weighted by Crippen LogP contribution is 2.34. The Hall–Kier alpha value is -1.84. The van der Waals surface area contributed by atoms with E-state index in [0.717, 1.165) is 16.9 Å². The van der Waals surface area contributed by atoms with Gasteiger partial charge in [0, 0.05) is 12.2 Å². The maximum atomic E-state index is 6.43. The van der Waals surface area contributed by atoms with Crippen molar-refractivity contribution in [3.63, 3.8) is 0 Å². The van der Waals surface area contributed by atoms with Crippen molar-refractivity contribution >= 4 is 0 Å². The van der Waals surface area contributed by atoms with Gasteiger partial charge < -0.3 is 15.2 Å². The number of methoxy groups -OCH3 is 1. The van der Waals surface area contributed by atoms with Crippen LogP contribution in [-0.4, -0.2) is 13.7 Å². The molecule has 0 bridgehead atoms. The molecule has 2 unspecified atom stereocenters. The number of hydrogen-bond donors (Lipinski definition) is 1. The third-order valence-electron chi connectivity index (χ3n) is 3.30. The van der Waals surface area contributed by atoms with Crippen LogP contribution in [0.1, 0.15) is 30.2 Å². The van der Waals surface area contributed by atoms with E-state index in [9.17, 15) is 0 Å². The fraction of sp³-hybridized carbons (Fsp3) is 0.294. The van der Waals surface area contributed by atoms with Crippen molar-refractivity contribution in [2.24, 2.45) is 5.73 Å². The zero-order valence-electron chi connectivity index (χ0n) is 12.0. The molecule has 0 amide bonds. The van der Waals surface area contributed by atoms with Crippen LogP contribution in [0.15, 0.2) is 54.6 Å². The molecule has 2 rings (SSSR count). The number of para-hydroxylation sites is 1. The van der Waals surface area contributed by atoms with Crippen LogP contribution in [-0.2, 0) is 4.74 Å². The number of nitrogens with two attached hydrogens (primary N) is 1. The summed E-state index contributed by atoms with van der Waals surface area (Å²) in [6, 6.07) is 17.6. The molecule has 0 aliphatic heterocycles. The van der Waals surface area contributed by atoms with Crippen molar-refractivity contribution in [2.45, 2.75) is 19.1 Å². The smallest absolute Gasteiger partial charge is 0.123 e. The molecule has 0 aromatic heterocycles. The van der Waals surface area contributed by atoms with Crippen LogP contribution < -0.4 is 10.5 Å². The number of ether oxygens (including phenoxy) is 2. The Morgan fingerprint density at radius 2 is 1.65 bits per heavy atom. The monoisotopic (exact) mass is 271 g/mol. The molecule has 20 heavy (non-hydrogen) atoms. The second-order valence-corrected chi connectivity index (χ2v) is 4.55. The molecule has 0 radical (unpaired) electrons. The van der Waals surface area contributed by atoms with E-state index in [-0.39, 0.29) is 12.1 Å². The van der Waals surface area contributed by atoms with Gasteiger partial charge in [-0.15, -0.1) is 0 Å². The summed E-state index contributed by atoms with van der Waals surface area (Å²) in [5, 5.41) is 0. The molecule has 0 saturated heterocycles. The molecule has 3 nitrogen and oxygen atoms in total. The first-order valence-electron chi connectivity index (χ1n) is 6.83. The molecule has 106 valence electrons. The second kappa shape index (κ2) is 7.08. The Bertz CT molecular complexity index is 528. The van der Waals surface area contributed by atoms with E-state index >= 15 is 0 Å². The molecule has 3 heteroatoms. The maximum Gasteiger partial charge on any atom is 0.123 e. The van der Waals surface area contributed by atoms with Crippen molar-refractivity contribution in [1.82, 2.24) is 0 Å². The normalized spacial score (nSPS) is 13.8. The molecule has 2 aromatic rings. The zero-order chi connectivity index (χ0) is 14.4. The van der Waals surface area contributed by atoms with E-state index in [1.54, 1.807) is 7.11 Å². The lowest BCUT2D eigenvalue weighted by Gasteiger charge is -2.25. The van der Waals surface area contributed by atoms with Crippen LogP contribution in [0.3, 0.4) is 0 Å². The first-order chi connectivity index (χ1) is 9.77. The summed E-state index contributed by atoms with van der Waals surface area (Å²) in [6.07, 6.45) is -0.183. The van der Waals surface area contributed by atoms with Crippen molar-refractivity contribution in [3.8, 4) is 5.75 Å². The average molecular weight is 271 g/mol. The fourth-order valence-electron chi connectivity index (χ4n) is 2.33. The highest BCUT2D eigenvalue weighted by Gasteiger charge is 2.24. The predicted molar refractivity (Wildman–Crippen MR) is 80.7 cm³/mol. The minimum Gasteiger partial charge on any atom is -0.496 e. The van der Waals surface area contributed by atoms with Crippen LogP contribution in [0.2, 0.25) is 0 Å². The third-order valence-corrected chi connectivity index (χ3v) is 3.30. The van der Waals surface area contributed by atoms with E-state index in [4.69, 9.17) is 15.2 Å². The van der Waals surface area contributed by atoms with Crippen molar-refractivity contribution < 1.29 is 9.47 Å². The minimum absolute atomic E-state index is 0.183. The summed E-state index contributed by atoms with van der Waals surface area (Å²) in [6.45, 7) is 2.59. The molecular formula is C17H21NO2. The topological polar surface area (TPSA) is 44.5 Å². The first kappa shape index (κ1) is 14.6.